The van der Waals surface area contributed by atoms with Crippen molar-refractivity contribution in [1.29, 1.82) is 0 Å². The predicted octanol–water partition coefficient (Wildman–Crippen LogP) is 5.37. The van der Waals surface area contributed by atoms with E-state index in [0.29, 0.717) is 21.2 Å². The minimum Gasteiger partial charge on any atom is -0.458 e. The minimum absolute atomic E-state index is 0.00189. The Hall–Kier alpha value is -2.54. The molecule has 1 aliphatic carbocycles. The molecule has 1 saturated carbocycles. The van der Waals surface area contributed by atoms with Gasteiger partial charge in [0.15, 0.2) is 0 Å². The maximum atomic E-state index is 14.0. The molecule has 0 radical (unpaired) electrons. The Bertz CT molecular complexity index is 983. The molecule has 2 heterocycles. The Kier molecular flexibility index (Phi) is 5.03. The van der Waals surface area contributed by atoms with Crippen LogP contribution in [0.1, 0.15) is 47.3 Å². The summed E-state index contributed by atoms with van der Waals surface area (Å²) in [6.45, 7) is 1.85. The van der Waals surface area contributed by atoms with E-state index >= 15 is 0 Å². The van der Waals surface area contributed by atoms with E-state index in [4.69, 9.17) is 4.74 Å². The van der Waals surface area contributed by atoms with Gasteiger partial charge in [-0.1, -0.05) is 18.6 Å². The minimum atomic E-state index is -0.367. The summed E-state index contributed by atoms with van der Waals surface area (Å²) < 4.78 is 19.7. The SMILES string of the molecule is Cc1c(C(=O)OC2CCCCC2)sc2ncnc(Nc3ccccc3F)c12. The molecule has 140 valence electrons. The first-order valence-electron chi connectivity index (χ1n) is 9.10. The van der Waals surface area contributed by atoms with Gasteiger partial charge in [-0.15, -0.1) is 11.3 Å². The number of halogens is 1. The van der Waals surface area contributed by atoms with E-state index in [0.717, 1.165) is 36.6 Å². The van der Waals surface area contributed by atoms with Crippen molar-refractivity contribution in [3.05, 3.63) is 46.9 Å². The fourth-order valence-corrected chi connectivity index (χ4v) is 4.47. The number of hydrogen-bond acceptors (Lipinski definition) is 6. The number of anilines is 2. The first-order valence-corrected chi connectivity index (χ1v) is 9.92. The molecule has 3 aromatic rings. The molecule has 0 bridgehead atoms. The van der Waals surface area contributed by atoms with Crippen molar-refractivity contribution in [1.82, 2.24) is 9.97 Å². The molecule has 0 saturated heterocycles. The lowest BCUT2D eigenvalue weighted by atomic mass is 9.98. The number of para-hydroxylation sites is 1. The fourth-order valence-electron chi connectivity index (χ4n) is 3.44. The fraction of sp³-hybridized carbons (Fsp3) is 0.350. The van der Waals surface area contributed by atoms with Crippen LogP contribution in [-0.4, -0.2) is 22.0 Å². The topological polar surface area (TPSA) is 64.1 Å². The first-order chi connectivity index (χ1) is 13.1. The van der Waals surface area contributed by atoms with E-state index in [2.05, 4.69) is 15.3 Å². The van der Waals surface area contributed by atoms with Crippen molar-refractivity contribution in [3.8, 4) is 0 Å². The number of nitrogens with one attached hydrogen (secondary N) is 1. The Balaban J connectivity index is 1.65. The smallest absolute Gasteiger partial charge is 0.348 e. The van der Waals surface area contributed by atoms with Gasteiger partial charge in [0.25, 0.3) is 0 Å². The number of thiophene rings is 1. The first kappa shape index (κ1) is 17.9. The van der Waals surface area contributed by atoms with Gasteiger partial charge in [0.2, 0.25) is 0 Å². The molecule has 1 aliphatic rings. The number of benzene rings is 1. The van der Waals surface area contributed by atoms with Crippen LogP contribution >= 0.6 is 11.3 Å². The average molecular weight is 385 g/mol. The van der Waals surface area contributed by atoms with E-state index < -0.39 is 0 Å². The number of rotatable bonds is 4. The van der Waals surface area contributed by atoms with E-state index in [1.54, 1.807) is 18.2 Å². The second kappa shape index (κ2) is 7.60. The van der Waals surface area contributed by atoms with Crippen molar-refractivity contribution in [2.45, 2.75) is 45.1 Å². The van der Waals surface area contributed by atoms with Gasteiger partial charge < -0.3 is 10.1 Å². The summed E-state index contributed by atoms with van der Waals surface area (Å²) in [5.74, 6) is -0.191. The number of esters is 1. The van der Waals surface area contributed by atoms with E-state index in [1.807, 2.05) is 6.92 Å². The zero-order valence-corrected chi connectivity index (χ0v) is 15.8. The summed E-state index contributed by atoms with van der Waals surface area (Å²) in [4.78, 5) is 22.4. The largest absolute Gasteiger partial charge is 0.458 e. The van der Waals surface area contributed by atoms with Gasteiger partial charge in [-0.3, -0.25) is 0 Å². The highest BCUT2D eigenvalue weighted by Crippen LogP contribution is 2.35. The molecule has 0 atom stereocenters. The quantitative estimate of drug-likeness (QED) is 0.612. The third kappa shape index (κ3) is 3.64. The molecular formula is C20H20FN3O2S. The Labute approximate surface area is 160 Å². The van der Waals surface area contributed by atoms with Crippen LogP contribution in [0.3, 0.4) is 0 Å². The number of nitrogens with zero attached hydrogens (tertiary/aromatic N) is 2. The predicted molar refractivity (Wildman–Crippen MR) is 104 cm³/mol. The van der Waals surface area contributed by atoms with Gasteiger partial charge in [0, 0.05) is 0 Å². The summed E-state index contributed by atoms with van der Waals surface area (Å²) in [5, 5.41) is 3.74. The second-order valence-electron chi connectivity index (χ2n) is 6.73. The zero-order valence-electron chi connectivity index (χ0n) is 15.0. The lowest BCUT2D eigenvalue weighted by Crippen LogP contribution is -2.20. The molecule has 5 nitrogen and oxygen atoms in total. The van der Waals surface area contributed by atoms with Crippen LogP contribution in [0.5, 0.6) is 0 Å². The van der Waals surface area contributed by atoms with E-state index in [9.17, 15) is 9.18 Å². The number of carbonyl (C=O) groups is 1. The van der Waals surface area contributed by atoms with Crippen molar-refractivity contribution >= 4 is 39.0 Å². The van der Waals surface area contributed by atoms with Crippen molar-refractivity contribution < 1.29 is 13.9 Å². The number of hydrogen-bond donors (Lipinski definition) is 1. The normalized spacial score (nSPS) is 15.0. The maximum Gasteiger partial charge on any atom is 0.348 e. The van der Waals surface area contributed by atoms with Gasteiger partial charge in [-0.05, 0) is 50.3 Å². The molecule has 7 heteroatoms. The van der Waals surface area contributed by atoms with Crippen molar-refractivity contribution in [2.24, 2.45) is 0 Å². The lowest BCUT2D eigenvalue weighted by molar-refractivity contribution is 0.0216. The molecule has 1 aromatic carbocycles. The Morgan fingerprint density at radius 1 is 1.22 bits per heavy atom. The highest BCUT2D eigenvalue weighted by molar-refractivity contribution is 7.20. The summed E-state index contributed by atoms with van der Waals surface area (Å²) in [7, 11) is 0. The number of fused-ring (bicyclic) bond motifs is 1. The van der Waals surface area contributed by atoms with E-state index in [-0.39, 0.29) is 17.9 Å². The highest BCUT2D eigenvalue weighted by Gasteiger charge is 2.24. The van der Waals surface area contributed by atoms with Gasteiger partial charge in [-0.25, -0.2) is 19.2 Å². The molecule has 27 heavy (non-hydrogen) atoms. The van der Waals surface area contributed by atoms with Crippen molar-refractivity contribution in [3.63, 3.8) is 0 Å². The molecular weight excluding hydrogens is 365 g/mol. The van der Waals surface area contributed by atoms with E-state index in [1.165, 1.54) is 30.2 Å². The molecule has 0 unspecified atom stereocenters. The maximum absolute atomic E-state index is 14.0. The molecule has 0 spiro atoms. The molecule has 4 rings (SSSR count). The van der Waals surface area contributed by atoms with Gasteiger partial charge >= 0.3 is 5.97 Å². The van der Waals surface area contributed by atoms with Crippen LogP contribution in [0.15, 0.2) is 30.6 Å². The number of ether oxygens (including phenoxy) is 1. The highest BCUT2D eigenvalue weighted by atomic mass is 32.1. The summed E-state index contributed by atoms with van der Waals surface area (Å²) in [5.41, 5.74) is 1.09. The standard InChI is InChI=1S/C20H20FN3O2S/c1-12-16-18(24-15-10-6-5-9-14(15)21)22-11-23-19(16)27-17(12)20(25)26-13-7-3-2-4-8-13/h5-6,9-11,13H,2-4,7-8H2,1H3,(H,22,23,24). The van der Waals surface area contributed by atoms with Gasteiger partial charge in [-0.2, -0.15) is 0 Å². The summed E-state index contributed by atoms with van der Waals surface area (Å²) in [6.07, 6.45) is 6.68. The second-order valence-corrected chi connectivity index (χ2v) is 7.73. The summed E-state index contributed by atoms with van der Waals surface area (Å²) >= 11 is 1.29. The van der Waals surface area contributed by atoms with Crippen LogP contribution in [0.25, 0.3) is 10.2 Å². The van der Waals surface area contributed by atoms with Crippen molar-refractivity contribution in [2.75, 3.05) is 5.32 Å². The number of aromatic nitrogens is 2. The van der Waals surface area contributed by atoms with Crippen LogP contribution < -0.4 is 5.32 Å². The molecule has 0 amide bonds. The van der Waals surface area contributed by atoms with Gasteiger partial charge in [0.05, 0.1) is 11.1 Å². The third-order valence-electron chi connectivity index (χ3n) is 4.87. The Morgan fingerprint density at radius 2 is 2.00 bits per heavy atom. The van der Waals surface area contributed by atoms with Crippen LogP contribution in [0.2, 0.25) is 0 Å². The molecule has 0 aliphatic heterocycles. The monoisotopic (exact) mass is 385 g/mol. The summed E-state index contributed by atoms with van der Waals surface area (Å²) in [6, 6.07) is 6.40. The van der Waals surface area contributed by atoms with Crippen LogP contribution in [0, 0.1) is 12.7 Å². The lowest BCUT2D eigenvalue weighted by Gasteiger charge is -2.21. The number of carbonyl (C=O) groups excluding carboxylic acids is 1. The zero-order chi connectivity index (χ0) is 18.8. The molecule has 1 N–H and O–H groups in total. The average Bonchev–Trinajstić information content (AvgIpc) is 3.02. The molecule has 1 fully saturated rings. The van der Waals surface area contributed by atoms with Crippen LogP contribution in [-0.2, 0) is 4.74 Å². The van der Waals surface area contributed by atoms with Gasteiger partial charge in [0.1, 0.15) is 33.8 Å². The third-order valence-corrected chi connectivity index (χ3v) is 6.04. The van der Waals surface area contributed by atoms with Crippen LogP contribution in [0.4, 0.5) is 15.9 Å². The number of aryl methyl sites for hydroxylation is 1. The molecule has 2 aromatic heterocycles. The Morgan fingerprint density at radius 3 is 2.78 bits per heavy atom.